The number of aliphatic imine (C=N–C) groups is 1. The molecular weight excluding hydrogens is 278 g/mol. The molecule has 1 saturated heterocycles. The highest BCUT2D eigenvalue weighted by molar-refractivity contribution is 5.79. The van der Waals surface area contributed by atoms with Crippen LogP contribution in [0.15, 0.2) is 42.0 Å². The maximum atomic E-state index is 5.59. The molecule has 0 amide bonds. The number of nitrogens with zero attached hydrogens (tertiary/aromatic N) is 2. The zero-order valence-corrected chi connectivity index (χ0v) is 12.9. The Hall–Kier alpha value is -2.08. The third-order valence-electron chi connectivity index (χ3n) is 3.28. The normalized spacial score (nSPS) is 18.0. The lowest BCUT2D eigenvalue weighted by molar-refractivity contribution is 0.117. The summed E-state index contributed by atoms with van der Waals surface area (Å²) in [6.45, 7) is 7.48. The number of anilines is 1. The number of hydrogen-bond donors (Lipinski definition) is 3. The fourth-order valence-corrected chi connectivity index (χ4v) is 2.16. The number of nitrogens with one attached hydrogen (secondary N) is 3. The first-order valence-electron chi connectivity index (χ1n) is 7.78. The van der Waals surface area contributed by atoms with Crippen molar-refractivity contribution < 1.29 is 4.74 Å². The van der Waals surface area contributed by atoms with Gasteiger partial charge in [0.25, 0.3) is 0 Å². The first kappa shape index (κ1) is 16.3. The Morgan fingerprint density at radius 2 is 2.36 bits per heavy atom. The van der Waals surface area contributed by atoms with E-state index in [4.69, 9.17) is 4.74 Å². The molecule has 0 aliphatic carbocycles. The van der Waals surface area contributed by atoms with Gasteiger partial charge in [-0.1, -0.05) is 12.1 Å². The van der Waals surface area contributed by atoms with Crippen molar-refractivity contribution in [2.75, 3.05) is 38.1 Å². The average molecular weight is 303 g/mol. The summed E-state index contributed by atoms with van der Waals surface area (Å²) >= 11 is 0. The molecule has 1 fully saturated rings. The van der Waals surface area contributed by atoms with Gasteiger partial charge in [-0.2, -0.15) is 0 Å². The predicted molar refractivity (Wildman–Crippen MR) is 90.2 cm³/mol. The van der Waals surface area contributed by atoms with Gasteiger partial charge in [0, 0.05) is 32.4 Å². The van der Waals surface area contributed by atoms with Gasteiger partial charge >= 0.3 is 0 Å². The maximum Gasteiger partial charge on any atom is 0.191 e. The number of pyridine rings is 1. The molecular formula is C16H25N5O. The Bertz CT molecular complexity index is 457. The van der Waals surface area contributed by atoms with Crippen molar-refractivity contribution in [1.29, 1.82) is 0 Å². The molecule has 0 saturated carbocycles. The molecule has 1 aromatic rings. The molecule has 2 heterocycles. The molecule has 1 atom stereocenters. The lowest BCUT2D eigenvalue weighted by Crippen LogP contribution is -2.40. The van der Waals surface area contributed by atoms with E-state index in [0.29, 0.717) is 13.1 Å². The van der Waals surface area contributed by atoms with Gasteiger partial charge in [0.1, 0.15) is 5.82 Å². The number of ether oxygens (including phenoxy) is 1. The summed E-state index contributed by atoms with van der Waals surface area (Å²) in [5.74, 6) is 1.67. The lowest BCUT2D eigenvalue weighted by Gasteiger charge is -2.13. The van der Waals surface area contributed by atoms with Gasteiger partial charge in [0.05, 0.1) is 12.6 Å². The number of rotatable bonds is 8. The quantitative estimate of drug-likeness (QED) is 0.293. The summed E-state index contributed by atoms with van der Waals surface area (Å²) in [6, 6.07) is 5.81. The number of aromatic nitrogens is 1. The second-order valence-electron chi connectivity index (χ2n) is 5.06. The monoisotopic (exact) mass is 303 g/mol. The molecule has 2 rings (SSSR count). The van der Waals surface area contributed by atoms with Crippen LogP contribution < -0.4 is 16.0 Å². The first-order chi connectivity index (χ1) is 10.9. The van der Waals surface area contributed by atoms with E-state index in [9.17, 15) is 0 Å². The van der Waals surface area contributed by atoms with Crippen molar-refractivity contribution in [2.24, 2.45) is 4.99 Å². The van der Waals surface area contributed by atoms with Crippen molar-refractivity contribution >= 4 is 11.8 Å². The Labute approximate surface area is 132 Å². The van der Waals surface area contributed by atoms with Crippen LogP contribution in [0.25, 0.3) is 0 Å². The minimum atomic E-state index is 0.258. The fourth-order valence-electron chi connectivity index (χ4n) is 2.16. The zero-order valence-electron chi connectivity index (χ0n) is 12.9. The average Bonchev–Trinajstić information content (AvgIpc) is 3.07. The standard InChI is InChI=1S/C16H25N5O/c1-2-8-19-16(21-13-14-6-5-12-22-14)20-11-10-18-15-7-3-4-9-17-15/h2-4,7,9,14H,1,5-6,8,10-13H2,(H,17,18)(H2,19,20,21). The highest BCUT2D eigenvalue weighted by Crippen LogP contribution is 2.11. The predicted octanol–water partition coefficient (Wildman–Crippen LogP) is 1.39. The topological polar surface area (TPSA) is 70.6 Å². The molecule has 0 aromatic carbocycles. The van der Waals surface area contributed by atoms with Gasteiger partial charge in [0.2, 0.25) is 0 Å². The smallest absolute Gasteiger partial charge is 0.191 e. The summed E-state index contributed by atoms with van der Waals surface area (Å²) in [6.07, 6.45) is 6.08. The summed E-state index contributed by atoms with van der Waals surface area (Å²) in [5, 5.41) is 9.76. The van der Waals surface area contributed by atoms with Crippen molar-refractivity contribution in [3.05, 3.63) is 37.1 Å². The third-order valence-corrected chi connectivity index (χ3v) is 3.28. The van der Waals surface area contributed by atoms with Crippen LogP contribution in [0.1, 0.15) is 12.8 Å². The van der Waals surface area contributed by atoms with E-state index in [1.165, 1.54) is 0 Å². The Morgan fingerprint density at radius 3 is 3.09 bits per heavy atom. The highest BCUT2D eigenvalue weighted by atomic mass is 16.5. The van der Waals surface area contributed by atoms with Crippen molar-refractivity contribution in [1.82, 2.24) is 15.6 Å². The lowest BCUT2D eigenvalue weighted by atomic mass is 10.2. The van der Waals surface area contributed by atoms with E-state index in [1.807, 2.05) is 24.3 Å². The van der Waals surface area contributed by atoms with Crippen LogP contribution in [0.2, 0.25) is 0 Å². The van der Waals surface area contributed by atoms with Gasteiger partial charge in [-0.25, -0.2) is 4.98 Å². The van der Waals surface area contributed by atoms with Crippen LogP contribution in [-0.4, -0.2) is 49.8 Å². The highest BCUT2D eigenvalue weighted by Gasteiger charge is 2.14. The molecule has 3 N–H and O–H groups in total. The van der Waals surface area contributed by atoms with Crippen LogP contribution >= 0.6 is 0 Å². The molecule has 1 unspecified atom stereocenters. The van der Waals surface area contributed by atoms with E-state index < -0.39 is 0 Å². The van der Waals surface area contributed by atoms with Crippen molar-refractivity contribution in [3.8, 4) is 0 Å². The molecule has 6 nitrogen and oxygen atoms in total. The van der Waals surface area contributed by atoms with Crippen LogP contribution in [0.4, 0.5) is 5.82 Å². The molecule has 22 heavy (non-hydrogen) atoms. The number of hydrogen-bond acceptors (Lipinski definition) is 4. The second kappa shape index (κ2) is 9.78. The maximum absolute atomic E-state index is 5.59. The van der Waals surface area contributed by atoms with Crippen LogP contribution in [0.5, 0.6) is 0 Å². The summed E-state index contributed by atoms with van der Waals surface area (Å²) in [5.41, 5.74) is 0. The molecule has 0 radical (unpaired) electrons. The van der Waals surface area contributed by atoms with Gasteiger partial charge in [0.15, 0.2) is 5.96 Å². The minimum absolute atomic E-state index is 0.258. The van der Waals surface area contributed by atoms with E-state index in [1.54, 1.807) is 6.20 Å². The molecule has 1 aliphatic heterocycles. The summed E-state index contributed by atoms with van der Waals surface area (Å²) < 4.78 is 5.59. The van der Waals surface area contributed by atoms with E-state index in [2.05, 4.69) is 32.5 Å². The van der Waals surface area contributed by atoms with Crippen molar-refractivity contribution in [3.63, 3.8) is 0 Å². The molecule has 1 aromatic heterocycles. The van der Waals surface area contributed by atoms with Crippen molar-refractivity contribution in [2.45, 2.75) is 18.9 Å². The fraction of sp³-hybridized carbons (Fsp3) is 0.500. The Kier molecular flexibility index (Phi) is 7.25. The van der Waals surface area contributed by atoms with E-state index in [-0.39, 0.29) is 6.10 Å². The Balaban J connectivity index is 1.71. The van der Waals surface area contributed by atoms with Crippen LogP contribution in [-0.2, 0) is 4.74 Å². The largest absolute Gasteiger partial charge is 0.376 e. The van der Waals surface area contributed by atoms with Crippen LogP contribution in [0, 0.1) is 0 Å². The minimum Gasteiger partial charge on any atom is -0.376 e. The molecule has 0 spiro atoms. The first-order valence-corrected chi connectivity index (χ1v) is 7.78. The molecule has 0 bridgehead atoms. The summed E-state index contributed by atoms with van der Waals surface area (Å²) in [4.78, 5) is 8.79. The number of guanidine groups is 1. The second-order valence-corrected chi connectivity index (χ2v) is 5.06. The van der Waals surface area contributed by atoms with Gasteiger partial charge in [-0.3, -0.25) is 4.99 Å². The van der Waals surface area contributed by atoms with Gasteiger partial charge in [-0.15, -0.1) is 6.58 Å². The van der Waals surface area contributed by atoms with Crippen LogP contribution in [0.3, 0.4) is 0 Å². The van der Waals surface area contributed by atoms with E-state index in [0.717, 1.165) is 44.3 Å². The van der Waals surface area contributed by atoms with Gasteiger partial charge in [-0.05, 0) is 25.0 Å². The molecule has 1 aliphatic rings. The molecule has 6 heteroatoms. The van der Waals surface area contributed by atoms with E-state index >= 15 is 0 Å². The SMILES string of the molecule is C=CCNC(=NCC1CCCO1)NCCNc1ccccn1. The zero-order chi connectivity index (χ0) is 15.5. The molecule has 120 valence electrons. The summed E-state index contributed by atoms with van der Waals surface area (Å²) in [7, 11) is 0. The third kappa shape index (κ3) is 6.13. The van der Waals surface area contributed by atoms with Gasteiger partial charge < -0.3 is 20.7 Å². The Morgan fingerprint density at radius 1 is 1.41 bits per heavy atom.